The normalized spacial score (nSPS) is 22.0. The lowest BCUT2D eigenvalue weighted by molar-refractivity contribution is -0.143. The van der Waals surface area contributed by atoms with Crippen molar-refractivity contribution in [2.45, 2.75) is 44.2 Å². The molecule has 1 spiro atoms. The summed E-state index contributed by atoms with van der Waals surface area (Å²) in [5.74, 6) is 0.897. The van der Waals surface area contributed by atoms with E-state index in [1.807, 2.05) is 12.1 Å². The summed E-state index contributed by atoms with van der Waals surface area (Å²) in [7, 11) is 0. The number of likely N-dealkylation sites (tertiary alicyclic amines) is 1. The Morgan fingerprint density at radius 1 is 1.26 bits per heavy atom. The van der Waals surface area contributed by atoms with Gasteiger partial charge in [-0.25, -0.2) is 4.98 Å². The zero-order chi connectivity index (χ0) is 18.4. The van der Waals surface area contributed by atoms with E-state index in [4.69, 9.17) is 0 Å². The van der Waals surface area contributed by atoms with Gasteiger partial charge >= 0.3 is 0 Å². The predicted molar refractivity (Wildman–Crippen MR) is 101 cm³/mol. The second kappa shape index (κ2) is 6.37. The molecule has 5 rings (SSSR count). The van der Waals surface area contributed by atoms with Crippen molar-refractivity contribution < 1.29 is 9.90 Å². The summed E-state index contributed by atoms with van der Waals surface area (Å²) in [4.78, 5) is 25.6. The average molecular weight is 366 g/mol. The van der Waals surface area contributed by atoms with Crippen LogP contribution in [0.25, 0.3) is 0 Å². The molecule has 1 saturated carbocycles. The highest BCUT2D eigenvalue weighted by atomic mass is 16.3. The van der Waals surface area contributed by atoms with E-state index in [1.54, 1.807) is 12.4 Å². The number of rotatable bonds is 3. The van der Waals surface area contributed by atoms with Crippen molar-refractivity contribution in [3.63, 3.8) is 0 Å². The molecule has 1 aromatic carbocycles. The fourth-order valence-corrected chi connectivity index (χ4v) is 4.85. The summed E-state index contributed by atoms with van der Waals surface area (Å²) in [5.41, 5.74) is 3.18. The van der Waals surface area contributed by atoms with Gasteiger partial charge in [-0.15, -0.1) is 0 Å². The molecule has 2 N–H and O–H groups in total. The first-order valence-electron chi connectivity index (χ1n) is 10.0. The SMILES string of the molecule is O=C(C1CC1)N1CCc2[nH]cnc2C12CCN(Cc1cccc(O)c1)CC2. The van der Waals surface area contributed by atoms with Gasteiger partial charge in [-0.1, -0.05) is 12.1 Å². The first kappa shape index (κ1) is 16.8. The molecule has 142 valence electrons. The van der Waals surface area contributed by atoms with Gasteiger partial charge < -0.3 is 15.0 Å². The Labute approximate surface area is 159 Å². The van der Waals surface area contributed by atoms with Gasteiger partial charge in [-0.3, -0.25) is 9.69 Å². The lowest BCUT2D eigenvalue weighted by Crippen LogP contribution is -2.58. The van der Waals surface area contributed by atoms with Crippen LogP contribution in [0.4, 0.5) is 0 Å². The summed E-state index contributed by atoms with van der Waals surface area (Å²) in [6.07, 6.45) is 6.59. The summed E-state index contributed by atoms with van der Waals surface area (Å²) >= 11 is 0. The molecule has 2 aromatic rings. The number of carbonyl (C=O) groups is 1. The first-order valence-corrected chi connectivity index (χ1v) is 10.0. The van der Waals surface area contributed by atoms with Crippen LogP contribution in [0.2, 0.25) is 0 Å². The summed E-state index contributed by atoms with van der Waals surface area (Å²) in [5, 5.41) is 9.71. The fraction of sp³-hybridized carbons (Fsp3) is 0.524. The maximum absolute atomic E-state index is 13.0. The number of phenolic OH excluding ortho intramolecular Hbond substituents is 1. The molecule has 1 aromatic heterocycles. The smallest absolute Gasteiger partial charge is 0.226 e. The largest absolute Gasteiger partial charge is 0.508 e. The van der Waals surface area contributed by atoms with Gasteiger partial charge in [0.15, 0.2) is 0 Å². The number of nitrogens with one attached hydrogen (secondary N) is 1. The van der Waals surface area contributed by atoms with Gasteiger partial charge in [0.1, 0.15) is 5.75 Å². The van der Waals surface area contributed by atoms with Gasteiger partial charge in [-0.2, -0.15) is 0 Å². The van der Waals surface area contributed by atoms with Crippen molar-refractivity contribution in [2.75, 3.05) is 19.6 Å². The number of phenols is 1. The average Bonchev–Trinajstić information content (AvgIpc) is 3.41. The van der Waals surface area contributed by atoms with Crippen LogP contribution in [0.1, 0.15) is 42.6 Å². The fourth-order valence-electron chi connectivity index (χ4n) is 4.85. The number of amides is 1. The number of hydrogen-bond acceptors (Lipinski definition) is 4. The Bertz CT molecular complexity index is 849. The first-order chi connectivity index (χ1) is 13.2. The number of piperidine rings is 1. The molecule has 27 heavy (non-hydrogen) atoms. The van der Waals surface area contributed by atoms with Crippen LogP contribution in [-0.2, 0) is 23.3 Å². The summed E-state index contributed by atoms with van der Waals surface area (Å²) < 4.78 is 0. The van der Waals surface area contributed by atoms with E-state index >= 15 is 0 Å². The topological polar surface area (TPSA) is 72.5 Å². The van der Waals surface area contributed by atoms with Crippen molar-refractivity contribution in [1.82, 2.24) is 19.8 Å². The number of imidazole rings is 1. The molecule has 1 saturated heterocycles. The van der Waals surface area contributed by atoms with Gasteiger partial charge in [0.25, 0.3) is 0 Å². The van der Waals surface area contributed by atoms with Gasteiger partial charge in [0.05, 0.1) is 17.6 Å². The monoisotopic (exact) mass is 366 g/mol. The van der Waals surface area contributed by atoms with Gasteiger partial charge in [0.2, 0.25) is 5.91 Å². The number of benzene rings is 1. The minimum Gasteiger partial charge on any atom is -0.508 e. The Hall–Kier alpha value is -2.34. The molecule has 6 heteroatoms. The number of carbonyl (C=O) groups excluding carboxylic acids is 1. The van der Waals surface area contributed by atoms with Crippen molar-refractivity contribution in [2.24, 2.45) is 5.92 Å². The van der Waals surface area contributed by atoms with Crippen LogP contribution in [0, 0.1) is 5.92 Å². The van der Waals surface area contributed by atoms with Crippen LogP contribution in [-0.4, -0.2) is 50.4 Å². The molecule has 1 amide bonds. The minimum absolute atomic E-state index is 0.243. The van der Waals surface area contributed by atoms with Gasteiger partial charge in [0, 0.05) is 44.2 Å². The van der Waals surface area contributed by atoms with Crippen LogP contribution >= 0.6 is 0 Å². The molecule has 3 heterocycles. The molecule has 3 aliphatic rings. The van der Waals surface area contributed by atoms with E-state index in [-0.39, 0.29) is 11.5 Å². The molecule has 1 aliphatic carbocycles. The molecule has 0 unspecified atom stereocenters. The lowest BCUT2D eigenvalue weighted by Gasteiger charge is -2.50. The number of aromatic nitrogens is 2. The molecular weight excluding hydrogens is 340 g/mol. The minimum atomic E-state index is -0.247. The quantitative estimate of drug-likeness (QED) is 0.875. The van der Waals surface area contributed by atoms with Crippen LogP contribution in [0.5, 0.6) is 5.75 Å². The Kier molecular flexibility index (Phi) is 3.97. The third kappa shape index (κ3) is 2.92. The molecule has 0 radical (unpaired) electrons. The number of nitrogens with zero attached hydrogens (tertiary/aromatic N) is 3. The number of fused-ring (bicyclic) bond motifs is 2. The van der Waals surface area contributed by atoms with E-state index in [0.29, 0.717) is 11.7 Å². The second-order valence-corrected chi connectivity index (χ2v) is 8.22. The maximum atomic E-state index is 13.0. The zero-order valence-electron chi connectivity index (χ0n) is 15.5. The highest BCUT2D eigenvalue weighted by Crippen LogP contribution is 2.45. The highest BCUT2D eigenvalue weighted by molar-refractivity contribution is 5.82. The van der Waals surface area contributed by atoms with E-state index in [1.165, 1.54) is 5.69 Å². The second-order valence-electron chi connectivity index (χ2n) is 8.22. The Balaban J connectivity index is 1.37. The number of hydrogen-bond donors (Lipinski definition) is 2. The van der Waals surface area contributed by atoms with Gasteiger partial charge in [-0.05, 0) is 43.4 Å². The van der Waals surface area contributed by atoms with Crippen LogP contribution < -0.4 is 0 Å². The Morgan fingerprint density at radius 2 is 2.07 bits per heavy atom. The van der Waals surface area contributed by atoms with Crippen molar-refractivity contribution in [1.29, 1.82) is 0 Å². The number of aromatic amines is 1. The standard InChI is InChI=1S/C21H26N4O2/c26-17-3-1-2-15(12-17)13-24-10-7-21(8-11-24)19-18(22-14-23-19)6-9-25(21)20(27)16-4-5-16/h1-3,12,14,16,26H,4-11,13H2,(H,22,23). The summed E-state index contributed by atoms with van der Waals surface area (Å²) in [6.45, 7) is 3.48. The van der Waals surface area contributed by atoms with Crippen molar-refractivity contribution in [3.8, 4) is 5.75 Å². The molecule has 0 bridgehead atoms. The molecule has 6 nitrogen and oxygen atoms in total. The van der Waals surface area contributed by atoms with E-state index in [9.17, 15) is 9.90 Å². The highest BCUT2D eigenvalue weighted by Gasteiger charge is 2.50. The van der Waals surface area contributed by atoms with Crippen molar-refractivity contribution >= 4 is 5.91 Å². The lowest BCUT2D eigenvalue weighted by atomic mass is 9.78. The van der Waals surface area contributed by atoms with Crippen LogP contribution in [0.15, 0.2) is 30.6 Å². The summed E-state index contributed by atoms with van der Waals surface area (Å²) in [6, 6.07) is 7.49. The molecule has 0 atom stereocenters. The zero-order valence-corrected chi connectivity index (χ0v) is 15.5. The van der Waals surface area contributed by atoms with E-state index in [0.717, 1.165) is 69.5 Å². The maximum Gasteiger partial charge on any atom is 0.226 e. The Morgan fingerprint density at radius 3 is 2.81 bits per heavy atom. The number of aromatic hydroxyl groups is 1. The predicted octanol–water partition coefficient (Wildman–Crippen LogP) is 2.40. The van der Waals surface area contributed by atoms with E-state index < -0.39 is 0 Å². The van der Waals surface area contributed by atoms with Crippen LogP contribution in [0.3, 0.4) is 0 Å². The number of H-pyrrole nitrogens is 1. The molecule has 2 fully saturated rings. The molecule has 2 aliphatic heterocycles. The molecular formula is C21H26N4O2. The third-order valence-corrected chi connectivity index (χ3v) is 6.45. The van der Waals surface area contributed by atoms with Crippen molar-refractivity contribution in [3.05, 3.63) is 47.5 Å². The van der Waals surface area contributed by atoms with E-state index in [2.05, 4.69) is 25.8 Å². The third-order valence-electron chi connectivity index (χ3n) is 6.45.